The van der Waals surface area contributed by atoms with E-state index in [9.17, 15) is 4.79 Å². The van der Waals surface area contributed by atoms with Crippen molar-refractivity contribution in [3.05, 3.63) is 101 Å². The highest BCUT2D eigenvalue weighted by Gasteiger charge is 2.29. The summed E-state index contributed by atoms with van der Waals surface area (Å²) in [5.74, 6) is 0.581. The number of carbonyl (C=O) groups is 1. The summed E-state index contributed by atoms with van der Waals surface area (Å²) in [6, 6.07) is 23.9. The van der Waals surface area contributed by atoms with Crippen molar-refractivity contribution in [3.63, 3.8) is 0 Å². The summed E-state index contributed by atoms with van der Waals surface area (Å²) in [5.41, 5.74) is 5.01. The van der Waals surface area contributed by atoms with Crippen LogP contribution in [0.4, 0.5) is 0 Å². The number of hydrogen-bond acceptors (Lipinski definition) is 2. The number of H-pyrrole nitrogens is 1. The molecule has 4 nitrogen and oxygen atoms in total. The van der Waals surface area contributed by atoms with Gasteiger partial charge in [0.2, 0.25) is 0 Å². The third-order valence-electron chi connectivity index (χ3n) is 5.64. The lowest BCUT2D eigenvalue weighted by molar-refractivity contribution is 0.0714. The van der Waals surface area contributed by atoms with Crippen LogP contribution in [0.1, 0.15) is 46.9 Å². The molecule has 1 heterocycles. The quantitative estimate of drug-likeness (QED) is 0.397. The van der Waals surface area contributed by atoms with Crippen LogP contribution >= 0.6 is 0 Å². The first kappa shape index (κ1) is 20.7. The highest BCUT2D eigenvalue weighted by atomic mass is 16.5. The maximum Gasteiger partial charge on any atom is 0.258 e. The van der Waals surface area contributed by atoms with E-state index in [4.69, 9.17) is 4.74 Å². The Morgan fingerprint density at radius 2 is 1.68 bits per heavy atom. The van der Waals surface area contributed by atoms with Gasteiger partial charge in [-0.1, -0.05) is 60.2 Å². The molecule has 0 saturated heterocycles. The first-order valence-corrected chi connectivity index (χ1v) is 10.8. The minimum atomic E-state index is -0.219. The molecule has 1 N–H and O–H groups in total. The summed E-state index contributed by atoms with van der Waals surface area (Å²) in [7, 11) is 0. The van der Waals surface area contributed by atoms with Gasteiger partial charge in [0.15, 0.2) is 0 Å². The molecule has 0 fully saturated rings. The average Bonchev–Trinajstić information content (AvgIpc) is 3.22. The molecule has 0 bridgehead atoms. The topological polar surface area (TPSA) is 45.3 Å². The molecule has 1 aromatic heterocycles. The number of amides is 1. The highest BCUT2D eigenvalue weighted by molar-refractivity contribution is 5.98. The van der Waals surface area contributed by atoms with Gasteiger partial charge >= 0.3 is 0 Å². The van der Waals surface area contributed by atoms with Gasteiger partial charge in [-0.05, 0) is 44.5 Å². The van der Waals surface area contributed by atoms with Crippen LogP contribution in [0.15, 0.2) is 79.0 Å². The maximum absolute atomic E-state index is 13.8. The first-order valence-electron chi connectivity index (χ1n) is 10.8. The standard InChI is InChI=1S/C27H28N2O2/c1-4-29(27(30)22-11-7-9-13-25(22)31-5-2)26(20-16-14-19(3)15-17-20)23-18-28-24-12-8-6-10-21(23)24/h6-18,26,28H,4-5H2,1-3H3. The number of para-hydroxylation sites is 2. The Morgan fingerprint density at radius 3 is 2.42 bits per heavy atom. The van der Waals surface area contributed by atoms with Gasteiger partial charge < -0.3 is 14.6 Å². The van der Waals surface area contributed by atoms with Crippen molar-refractivity contribution < 1.29 is 9.53 Å². The largest absolute Gasteiger partial charge is 0.493 e. The second-order valence-corrected chi connectivity index (χ2v) is 7.62. The van der Waals surface area contributed by atoms with Crippen molar-refractivity contribution in [1.82, 2.24) is 9.88 Å². The lowest BCUT2D eigenvalue weighted by Gasteiger charge is -2.32. The normalized spacial score (nSPS) is 12.0. The van der Waals surface area contributed by atoms with Gasteiger partial charge in [-0.3, -0.25) is 4.79 Å². The number of carbonyl (C=O) groups excluding carboxylic acids is 1. The van der Waals surface area contributed by atoms with E-state index >= 15 is 0 Å². The molecule has 0 saturated carbocycles. The minimum Gasteiger partial charge on any atom is -0.493 e. The second-order valence-electron chi connectivity index (χ2n) is 7.62. The van der Waals surface area contributed by atoms with E-state index < -0.39 is 0 Å². The molecular weight excluding hydrogens is 384 g/mol. The molecule has 4 rings (SSSR count). The second kappa shape index (κ2) is 9.09. The first-order chi connectivity index (χ1) is 15.1. The number of nitrogens with zero attached hydrogens (tertiary/aromatic N) is 1. The van der Waals surface area contributed by atoms with Gasteiger partial charge in [0, 0.05) is 29.2 Å². The van der Waals surface area contributed by atoms with Crippen molar-refractivity contribution in [2.24, 2.45) is 0 Å². The van der Waals surface area contributed by atoms with Crippen molar-refractivity contribution in [2.75, 3.05) is 13.2 Å². The summed E-state index contributed by atoms with van der Waals surface area (Å²) in [4.78, 5) is 19.1. The van der Waals surface area contributed by atoms with Crippen LogP contribution in [0, 0.1) is 6.92 Å². The third-order valence-corrected chi connectivity index (χ3v) is 5.64. The summed E-state index contributed by atoms with van der Waals surface area (Å²) < 4.78 is 5.76. The van der Waals surface area contributed by atoms with Gasteiger partial charge in [0.25, 0.3) is 5.91 Å². The molecule has 31 heavy (non-hydrogen) atoms. The minimum absolute atomic E-state index is 0.0394. The number of nitrogens with one attached hydrogen (secondary N) is 1. The number of hydrogen-bond donors (Lipinski definition) is 1. The Morgan fingerprint density at radius 1 is 0.968 bits per heavy atom. The number of aryl methyl sites for hydroxylation is 1. The van der Waals surface area contributed by atoms with Crippen LogP contribution in [0.5, 0.6) is 5.75 Å². The molecular formula is C27H28N2O2. The SMILES string of the molecule is CCOc1ccccc1C(=O)N(CC)C(c1ccc(C)cc1)c1c[nH]c2ccccc12. The van der Waals surface area contributed by atoms with Crippen LogP contribution in [-0.4, -0.2) is 28.9 Å². The summed E-state index contributed by atoms with van der Waals surface area (Å²) in [5, 5.41) is 1.12. The van der Waals surface area contributed by atoms with E-state index in [0.29, 0.717) is 24.5 Å². The maximum atomic E-state index is 13.8. The van der Waals surface area contributed by atoms with Gasteiger partial charge in [-0.15, -0.1) is 0 Å². The van der Waals surface area contributed by atoms with E-state index in [0.717, 1.165) is 22.0 Å². The van der Waals surface area contributed by atoms with E-state index in [1.807, 2.05) is 61.3 Å². The lowest BCUT2D eigenvalue weighted by Crippen LogP contribution is -2.35. The van der Waals surface area contributed by atoms with E-state index in [1.54, 1.807) is 0 Å². The van der Waals surface area contributed by atoms with Crippen LogP contribution in [-0.2, 0) is 0 Å². The molecule has 4 aromatic rings. The molecule has 1 atom stereocenters. The van der Waals surface area contributed by atoms with Gasteiger partial charge in [0.05, 0.1) is 18.2 Å². The van der Waals surface area contributed by atoms with Crippen molar-refractivity contribution in [3.8, 4) is 5.75 Å². The highest BCUT2D eigenvalue weighted by Crippen LogP contribution is 2.35. The van der Waals surface area contributed by atoms with E-state index in [-0.39, 0.29) is 11.9 Å². The average molecular weight is 413 g/mol. The smallest absolute Gasteiger partial charge is 0.258 e. The zero-order chi connectivity index (χ0) is 21.8. The summed E-state index contributed by atoms with van der Waals surface area (Å²) >= 11 is 0. The molecule has 3 aromatic carbocycles. The Balaban J connectivity index is 1.86. The number of aromatic nitrogens is 1. The predicted molar refractivity (Wildman–Crippen MR) is 126 cm³/mol. The number of fused-ring (bicyclic) bond motifs is 1. The zero-order valence-electron chi connectivity index (χ0n) is 18.3. The Kier molecular flexibility index (Phi) is 6.08. The number of aromatic amines is 1. The molecule has 4 heteroatoms. The molecule has 0 spiro atoms. The summed E-state index contributed by atoms with van der Waals surface area (Å²) in [6.45, 7) is 7.11. The third kappa shape index (κ3) is 4.06. The fourth-order valence-corrected chi connectivity index (χ4v) is 4.12. The number of rotatable bonds is 7. The van der Waals surface area contributed by atoms with Crippen LogP contribution in [0.3, 0.4) is 0 Å². The molecule has 1 unspecified atom stereocenters. The Bertz CT molecular complexity index is 1180. The number of benzene rings is 3. The molecule has 0 aliphatic carbocycles. The van der Waals surface area contributed by atoms with E-state index in [2.05, 4.69) is 48.3 Å². The monoisotopic (exact) mass is 412 g/mol. The zero-order valence-corrected chi connectivity index (χ0v) is 18.3. The fourth-order valence-electron chi connectivity index (χ4n) is 4.12. The molecule has 0 aliphatic heterocycles. The molecule has 0 aliphatic rings. The number of ether oxygens (including phenoxy) is 1. The van der Waals surface area contributed by atoms with Crippen molar-refractivity contribution >= 4 is 16.8 Å². The summed E-state index contributed by atoms with van der Waals surface area (Å²) in [6.07, 6.45) is 2.03. The predicted octanol–water partition coefficient (Wildman–Crippen LogP) is 6.13. The van der Waals surface area contributed by atoms with Crippen LogP contribution < -0.4 is 4.74 Å². The van der Waals surface area contributed by atoms with Gasteiger partial charge in [0.1, 0.15) is 5.75 Å². The van der Waals surface area contributed by atoms with E-state index in [1.165, 1.54) is 5.56 Å². The lowest BCUT2D eigenvalue weighted by atomic mass is 9.95. The van der Waals surface area contributed by atoms with Crippen molar-refractivity contribution in [2.45, 2.75) is 26.8 Å². The van der Waals surface area contributed by atoms with Crippen LogP contribution in [0.2, 0.25) is 0 Å². The van der Waals surface area contributed by atoms with Gasteiger partial charge in [-0.2, -0.15) is 0 Å². The Hall–Kier alpha value is -3.53. The van der Waals surface area contributed by atoms with Crippen molar-refractivity contribution in [1.29, 1.82) is 0 Å². The Labute approximate surface area is 183 Å². The molecule has 0 radical (unpaired) electrons. The van der Waals surface area contributed by atoms with Gasteiger partial charge in [-0.25, -0.2) is 0 Å². The molecule has 1 amide bonds. The fraction of sp³-hybridized carbons (Fsp3) is 0.222. The van der Waals surface area contributed by atoms with Crippen LogP contribution in [0.25, 0.3) is 10.9 Å². The molecule has 158 valence electrons.